The normalized spacial score (nSPS) is 12.0. The minimum absolute atomic E-state index is 0.0764. The molecule has 0 fully saturated rings. The highest BCUT2D eigenvalue weighted by molar-refractivity contribution is 7.98. The molecule has 0 aliphatic carbocycles. The lowest BCUT2D eigenvalue weighted by Gasteiger charge is -2.07. The first-order valence-corrected chi connectivity index (χ1v) is 10.7. The average Bonchev–Trinajstić information content (AvgIpc) is 2.90. The number of hydrogen-bond donors (Lipinski definition) is 1. The van der Waals surface area contributed by atoms with Gasteiger partial charge >= 0.3 is 0 Å². The standard InChI is InChI=1S/C17H18ClN3O2S2/c1-2-8-21-16-7-6-14(25(19,22)23)10-15(16)20-17(21)24-11-12-4-3-5-13(18)9-12/h3-7,9-10H,2,8,11H2,1H3,(H2,19,22,23). The number of thioether (sulfide) groups is 1. The van der Waals surface area contributed by atoms with E-state index < -0.39 is 10.0 Å². The Labute approximate surface area is 156 Å². The number of imidazole rings is 1. The summed E-state index contributed by atoms with van der Waals surface area (Å²) < 4.78 is 25.2. The van der Waals surface area contributed by atoms with Gasteiger partial charge in [-0.25, -0.2) is 18.5 Å². The van der Waals surface area contributed by atoms with Crippen molar-refractivity contribution in [2.45, 2.75) is 35.7 Å². The van der Waals surface area contributed by atoms with Crippen molar-refractivity contribution in [1.29, 1.82) is 0 Å². The molecule has 0 unspecified atom stereocenters. The Morgan fingerprint density at radius 3 is 2.72 bits per heavy atom. The molecular formula is C17H18ClN3O2S2. The van der Waals surface area contributed by atoms with Gasteiger partial charge in [0.1, 0.15) is 0 Å². The number of fused-ring (bicyclic) bond motifs is 1. The Kier molecular flexibility index (Phi) is 5.38. The van der Waals surface area contributed by atoms with E-state index in [4.69, 9.17) is 16.7 Å². The van der Waals surface area contributed by atoms with E-state index in [1.807, 2.05) is 24.3 Å². The Hall–Kier alpha value is -1.54. The molecule has 3 rings (SSSR count). The van der Waals surface area contributed by atoms with Crippen LogP contribution in [-0.4, -0.2) is 18.0 Å². The number of nitrogens with two attached hydrogens (primary N) is 1. The van der Waals surface area contributed by atoms with Crippen molar-refractivity contribution >= 4 is 44.4 Å². The van der Waals surface area contributed by atoms with Gasteiger partial charge in [0.2, 0.25) is 10.0 Å². The smallest absolute Gasteiger partial charge is 0.238 e. The summed E-state index contributed by atoms with van der Waals surface area (Å²) in [6, 6.07) is 12.5. The molecular weight excluding hydrogens is 378 g/mol. The monoisotopic (exact) mass is 395 g/mol. The van der Waals surface area contributed by atoms with Crippen LogP contribution >= 0.6 is 23.4 Å². The van der Waals surface area contributed by atoms with Crippen LogP contribution in [0.2, 0.25) is 5.02 Å². The molecule has 0 amide bonds. The number of sulfonamides is 1. The van der Waals surface area contributed by atoms with Crippen LogP contribution in [0, 0.1) is 0 Å². The third-order valence-electron chi connectivity index (χ3n) is 3.72. The summed E-state index contributed by atoms with van der Waals surface area (Å²) in [5, 5.41) is 6.78. The summed E-state index contributed by atoms with van der Waals surface area (Å²) >= 11 is 7.63. The first-order valence-electron chi connectivity index (χ1n) is 7.79. The summed E-state index contributed by atoms with van der Waals surface area (Å²) in [6.07, 6.45) is 0.952. The molecule has 25 heavy (non-hydrogen) atoms. The van der Waals surface area contributed by atoms with Crippen molar-refractivity contribution < 1.29 is 8.42 Å². The third-order valence-corrected chi connectivity index (χ3v) is 5.91. The van der Waals surface area contributed by atoms with Crippen LogP contribution in [0.1, 0.15) is 18.9 Å². The van der Waals surface area contributed by atoms with E-state index >= 15 is 0 Å². The van der Waals surface area contributed by atoms with Crippen LogP contribution < -0.4 is 5.14 Å². The van der Waals surface area contributed by atoms with Gasteiger partial charge in [0.05, 0.1) is 15.9 Å². The minimum atomic E-state index is -3.74. The van der Waals surface area contributed by atoms with Gasteiger partial charge in [-0.3, -0.25) is 0 Å². The van der Waals surface area contributed by atoms with E-state index in [9.17, 15) is 8.42 Å². The minimum Gasteiger partial charge on any atom is -0.319 e. The van der Waals surface area contributed by atoms with Crippen molar-refractivity contribution in [3.63, 3.8) is 0 Å². The fraction of sp³-hybridized carbons (Fsp3) is 0.235. The van der Waals surface area contributed by atoms with Gasteiger partial charge in [-0.2, -0.15) is 0 Å². The second-order valence-corrected chi connectivity index (χ2v) is 8.60. The predicted octanol–water partition coefficient (Wildman–Crippen LogP) is 4.04. The summed E-state index contributed by atoms with van der Waals surface area (Å²) in [6.45, 7) is 2.90. The molecule has 1 aromatic heterocycles. The lowest BCUT2D eigenvalue weighted by atomic mass is 10.2. The fourth-order valence-corrected chi connectivity index (χ4v) is 4.32. The number of halogens is 1. The van der Waals surface area contributed by atoms with Crippen LogP contribution in [0.3, 0.4) is 0 Å². The van der Waals surface area contributed by atoms with Crippen molar-refractivity contribution in [3.05, 3.63) is 53.1 Å². The topological polar surface area (TPSA) is 78.0 Å². The molecule has 0 bridgehead atoms. The molecule has 0 saturated carbocycles. The first kappa shape index (κ1) is 18.3. The molecule has 132 valence electrons. The SMILES string of the molecule is CCCn1c(SCc2cccc(Cl)c2)nc2cc(S(N)(=O)=O)ccc21. The number of aryl methyl sites for hydroxylation is 1. The lowest BCUT2D eigenvalue weighted by Crippen LogP contribution is -2.11. The van der Waals surface area contributed by atoms with Gasteiger partial charge in [-0.05, 0) is 42.3 Å². The summed E-state index contributed by atoms with van der Waals surface area (Å²) in [4.78, 5) is 4.69. The van der Waals surface area contributed by atoms with Crippen LogP contribution in [0.4, 0.5) is 0 Å². The van der Waals surface area contributed by atoms with Crippen LogP contribution in [0.25, 0.3) is 11.0 Å². The predicted molar refractivity (Wildman–Crippen MR) is 102 cm³/mol. The molecule has 1 heterocycles. The summed E-state index contributed by atoms with van der Waals surface area (Å²) in [5.41, 5.74) is 2.65. The Balaban J connectivity index is 1.97. The van der Waals surface area contributed by atoms with E-state index in [0.29, 0.717) is 10.5 Å². The molecule has 5 nitrogen and oxygen atoms in total. The second kappa shape index (κ2) is 7.37. The molecule has 0 saturated heterocycles. The quantitative estimate of drug-likeness (QED) is 0.639. The highest BCUT2D eigenvalue weighted by atomic mass is 35.5. The third kappa shape index (κ3) is 4.17. The number of nitrogens with zero attached hydrogens (tertiary/aromatic N) is 2. The number of hydrogen-bond acceptors (Lipinski definition) is 4. The van der Waals surface area contributed by atoms with Crippen LogP contribution in [0.5, 0.6) is 0 Å². The summed E-state index contributed by atoms with van der Waals surface area (Å²) in [7, 11) is -3.74. The van der Waals surface area contributed by atoms with E-state index in [1.165, 1.54) is 12.1 Å². The largest absolute Gasteiger partial charge is 0.319 e. The fourth-order valence-electron chi connectivity index (χ4n) is 2.59. The van der Waals surface area contributed by atoms with Crippen LogP contribution in [-0.2, 0) is 22.3 Å². The molecule has 3 aromatic rings. The van der Waals surface area contributed by atoms with Gasteiger partial charge in [0.15, 0.2) is 5.16 Å². The molecule has 2 aromatic carbocycles. The molecule has 2 N–H and O–H groups in total. The first-order chi connectivity index (χ1) is 11.9. The van der Waals surface area contributed by atoms with Gasteiger partial charge in [0.25, 0.3) is 0 Å². The number of rotatable bonds is 6. The second-order valence-electron chi connectivity index (χ2n) is 5.66. The Bertz CT molecular complexity index is 1020. The van der Waals surface area contributed by atoms with Crippen LogP contribution in [0.15, 0.2) is 52.5 Å². The van der Waals surface area contributed by atoms with Gasteiger partial charge in [-0.15, -0.1) is 0 Å². The zero-order valence-electron chi connectivity index (χ0n) is 13.6. The maximum Gasteiger partial charge on any atom is 0.238 e. The highest BCUT2D eigenvalue weighted by Crippen LogP contribution is 2.29. The molecule has 0 aliphatic rings. The maximum absolute atomic E-state index is 11.6. The molecule has 8 heteroatoms. The van der Waals surface area contributed by atoms with E-state index in [2.05, 4.69) is 16.5 Å². The van der Waals surface area contributed by atoms with Crippen molar-refractivity contribution in [1.82, 2.24) is 9.55 Å². The average molecular weight is 396 g/mol. The van der Waals surface area contributed by atoms with Crippen molar-refractivity contribution in [2.24, 2.45) is 5.14 Å². The molecule has 0 radical (unpaired) electrons. The van der Waals surface area contributed by atoms with Gasteiger partial charge in [-0.1, -0.05) is 42.4 Å². The molecule has 0 aliphatic heterocycles. The summed E-state index contributed by atoms with van der Waals surface area (Å²) in [5.74, 6) is 0.732. The maximum atomic E-state index is 11.6. The van der Waals surface area contributed by atoms with E-state index in [-0.39, 0.29) is 4.90 Å². The number of benzene rings is 2. The van der Waals surface area contributed by atoms with E-state index in [0.717, 1.165) is 35.0 Å². The van der Waals surface area contributed by atoms with Gasteiger partial charge < -0.3 is 4.57 Å². The van der Waals surface area contributed by atoms with E-state index in [1.54, 1.807) is 17.8 Å². The highest BCUT2D eigenvalue weighted by Gasteiger charge is 2.15. The zero-order valence-corrected chi connectivity index (χ0v) is 16.0. The number of aromatic nitrogens is 2. The molecule has 0 atom stereocenters. The van der Waals surface area contributed by atoms with Crippen molar-refractivity contribution in [3.8, 4) is 0 Å². The zero-order chi connectivity index (χ0) is 18.0. The van der Waals surface area contributed by atoms with Crippen molar-refractivity contribution in [2.75, 3.05) is 0 Å². The Morgan fingerprint density at radius 1 is 1.24 bits per heavy atom. The van der Waals surface area contributed by atoms with Gasteiger partial charge in [0, 0.05) is 17.3 Å². The Morgan fingerprint density at radius 2 is 2.04 bits per heavy atom. The molecule has 0 spiro atoms. The lowest BCUT2D eigenvalue weighted by molar-refractivity contribution is 0.598. The number of primary sulfonamides is 1.